The molecule has 0 radical (unpaired) electrons. The summed E-state index contributed by atoms with van der Waals surface area (Å²) in [5.41, 5.74) is 5.24. The number of rotatable bonds is 21. The van der Waals surface area contributed by atoms with Crippen LogP contribution in [0.4, 0.5) is 0 Å². The Labute approximate surface area is 176 Å². The summed E-state index contributed by atoms with van der Waals surface area (Å²) in [5.74, 6) is -0.386. The standard InChI is InChI=1S/C20H42NO7P/c1-3-5-6-7-8-9-10-11-12-15-25-17-19(28-20(22)13-4-2)18-27-29(23,24)26-16-14-21/h19H,3-18,21H2,1-2H3,(H,23,24). The third kappa shape index (κ3) is 19.2. The molecule has 8 nitrogen and oxygen atoms in total. The summed E-state index contributed by atoms with van der Waals surface area (Å²) in [6.07, 6.45) is 11.2. The number of unbranched alkanes of at least 4 members (excludes halogenated alkanes) is 8. The normalized spacial score (nSPS) is 14.5. The summed E-state index contributed by atoms with van der Waals surface area (Å²) < 4.78 is 32.2. The van der Waals surface area contributed by atoms with E-state index >= 15 is 0 Å². The van der Waals surface area contributed by atoms with E-state index in [0.29, 0.717) is 13.0 Å². The van der Waals surface area contributed by atoms with Gasteiger partial charge in [-0.3, -0.25) is 13.8 Å². The van der Waals surface area contributed by atoms with Gasteiger partial charge in [0.15, 0.2) is 0 Å². The van der Waals surface area contributed by atoms with E-state index in [-0.39, 0.29) is 38.8 Å². The Balaban J connectivity index is 4.03. The number of phosphoric acid groups is 1. The highest BCUT2D eigenvalue weighted by atomic mass is 31.2. The topological polar surface area (TPSA) is 117 Å². The molecule has 0 aliphatic carbocycles. The van der Waals surface area contributed by atoms with E-state index in [1.54, 1.807) is 0 Å². The van der Waals surface area contributed by atoms with Gasteiger partial charge in [0.05, 0.1) is 19.8 Å². The van der Waals surface area contributed by atoms with Crippen LogP contribution in [-0.4, -0.2) is 49.9 Å². The molecule has 0 aromatic rings. The molecule has 174 valence electrons. The Bertz CT molecular complexity index is 437. The van der Waals surface area contributed by atoms with Crippen molar-refractivity contribution in [2.24, 2.45) is 5.73 Å². The second-order valence-corrected chi connectivity index (χ2v) is 8.60. The minimum absolute atomic E-state index is 0.0941. The van der Waals surface area contributed by atoms with Crippen molar-refractivity contribution in [2.75, 3.05) is 33.0 Å². The molecule has 0 aromatic heterocycles. The van der Waals surface area contributed by atoms with Gasteiger partial charge in [0.2, 0.25) is 0 Å². The lowest BCUT2D eigenvalue weighted by molar-refractivity contribution is -0.154. The Hall–Kier alpha value is -0.500. The molecule has 0 fully saturated rings. The summed E-state index contributed by atoms with van der Waals surface area (Å²) in [6, 6.07) is 0. The van der Waals surface area contributed by atoms with E-state index in [0.717, 1.165) is 12.8 Å². The first-order chi connectivity index (χ1) is 13.9. The van der Waals surface area contributed by atoms with Crippen LogP contribution in [0.15, 0.2) is 0 Å². The van der Waals surface area contributed by atoms with Crippen LogP contribution in [0.1, 0.15) is 84.5 Å². The van der Waals surface area contributed by atoms with Crippen LogP contribution in [0.25, 0.3) is 0 Å². The molecule has 0 spiro atoms. The monoisotopic (exact) mass is 439 g/mol. The Morgan fingerprint density at radius 1 is 0.897 bits per heavy atom. The fourth-order valence-corrected chi connectivity index (χ4v) is 3.44. The number of carbonyl (C=O) groups is 1. The maximum Gasteiger partial charge on any atom is 0.472 e. The minimum atomic E-state index is -4.22. The number of nitrogens with two attached hydrogens (primary N) is 1. The van der Waals surface area contributed by atoms with E-state index in [1.165, 1.54) is 44.9 Å². The predicted molar refractivity (Wildman–Crippen MR) is 114 cm³/mol. The van der Waals surface area contributed by atoms with Gasteiger partial charge in [-0.05, 0) is 12.8 Å². The first-order valence-corrected chi connectivity index (χ1v) is 12.5. The average Bonchev–Trinajstić information content (AvgIpc) is 2.68. The van der Waals surface area contributed by atoms with Crippen LogP contribution in [0.2, 0.25) is 0 Å². The minimum Gasteiger partial charge on any atom is -0.457 e. The van der Waals surface area contributed by atoms with Gasteiger partial charge in [0.25, 0.3) is 0 Å². The second-order valence-electron chi connectivity index (χ2n) is 7.15. The molecule has 2 atom stereocenters. The second kappa shape index (κ2) is 19.5. The average molecular weight is 440 g/mol. The molecule has 29 heavy (non-hydrogen) atoms. The molecule has 0 aliphatic heterocycles. The van der Waals surface area contributed by atoms with Gasteiger partial charge in [-0.15, -0.1) is 0 Å². The van der Waals surface area contributed by atoms with E-state index in [4.69, 9.17) is 19.7 Å². The summed E-state index contributed by atoms with van der Waals surface area (Å²) in [5, 5.41) is 0. The van der Waals surface area contributed by atoms with Crippen molar-refractivity contribution in [2.45, 2.75) is 90.6 Å². The number of phosphoric ester groups is 1. The number of carbonyl (C=O) groups excluding carboxylic acids is 1. The van der Waals surface area contributed by atoms with Crippen LogP contribution in [0.5, 0.6) is 0 Å². The molecule has 9 heteroatoms. The van der Waals surface area contributed by atoms with Crippen LogP contribution in [0, 0.1) is 0 Å². The zero-order valence-corrected chi connectivity index (χ0v) is 19.2. The van der Waals surface area contributed by atoms with Crippen LogP contribution in [-0.2, 0) is 27.9 Å². The molecule has 0 aromatic carbocycles. The maximum absolute atomic E-state index is 11.7. The zero-order chi connectivity index (χ0) is 21.8. The van der Waals surface area contributed by atoms with Gasteiger partial charge >= 0.3 is 13.8 Å². The SMILES string of the molecule is CCCCCCCCCCCOCC(COP(=O)(O)OCCN)OC(=O)CCC. The van der Waals surface area contributed by atoms with Gasteiger partial charge in [-0.25, -0.2) is 4.57 Å². The summed E-state index contributed by atoms with van der Waals surface area (Å²) in [4.78, 5) is 21.3. The van der Waals surface area contributed by atoms with E-state index in [9.17, 15) is 14.3 Å². The third-order valence-corrected chi connectivity index (χ3v) is 5.23. The number of esters is 1. The Morgan fingerprint density at radius 3 is 2.10 bits per heavy atom. The van der Waals surface area contributed by atoms with Crippen LogP contribution >= 0.6 is 7.82 Å². The molecule has 0 saturated carbocycles. The highest BCUT2D eigenvalue weighted by molar-refractivity contribution is 7.47. The van der Waals surface area contributed by atoms with Gasteiger partial charge < -0.3 is 20.1 Å². The first-order valence-electron chi connectivity index (χ1n) is 11.0. The fraction of sp³-hybridized carbons (Fsp3) is 0.950. The number of hydrogen-bond donors (Lipinski definition) is 2. The van der Waals surface area contributed by atoms with Crippen LogP contribution < -0.4 is 5.73 Å². The summed E-state index contributed by atoms with van der Waals surface area (Å²) in [7, 11) is -4.22. The van der Waals surface area contributed by atoms with Crippen molar-refractivity contribution < 1.29 is 32.8 Å². The smallest absolute Gasteiger partial charge is 0.457 e. The summed E-state index contributed by atoms with van der Waals surface area (Å²) in [6.45, 7) is 4.50. The lowest BCUT2D eigenvalue weighted by Gasteiger charge is -2.19. The Morgan fingerprint density at radius 2 is 1.52 bits per heavy atom. The fourth-order valence-electron chi connectivity index (χ4n) is 2.68. The highest BCUT2D eigenvalue weighted by Gasteiger charge is 2.24. The zero-order valence-electron chi connectivity index (χ0n) is 18.3. The van der Waals surface area contributed by atoms with Gasteiger partial charge in [0.1, 0.15) is 6.10 Å². The number of ether oxygens (including phenoxy) is 2. The van der Waals surface area contributed by atoms with Crippen molar-refractivity contribution in [1.82, 2.24) is 0 Å². The molecule has 0 aliphatic rings. The van der Waals surface area contributed by atoms with Crippen molar-refractivity contribution in [3.05, 3.63) is 0 Å². The van der Waals surface area contributed by atoms with Gasteiger partial charge in [0, 0.05) is 19.6 Å². The van der Waals surface area contributed by atoms with Crippen molar-refractivity contribution in [1.29, 1.82) is 0 Å². The molecule has 3 N–H and O–H groups in total. The van der Waals surface area contributed by atoms with Gasteiger partial charge in [-0.2, -0.15) is 0 Å². The predicted octanol–water partition coefficient (Wildman–Crippen LogP) is 4.34. The largest absolute Gasteiger partial charge is 0.472 e. The number of hydrogen-bond acceptors (Lipinski definition) is 7. The van der Waals surface area contributed by atoms with E-state index in [2.05, 4.69) is 11.4 Å². The highest BCUT2D eigenvalue weighted by Crippen LogP contribution is 2.43. The van der Waals surface area contributed by atoms with Crippen molar-refractivity contribution >= 4 is 13.8 Å². The molecule has 0 heterocycles. The molecule has 0 rings (SSSR count). The lowest BCUT2D eigenvalue weighted by atomic mass is 10.1. The molecule has 2 unspecified atom stereocenters. The maximum atomic E-state index is 11.7. The first kappa shape index (κ1) is 28.5. The van der Waals surface area contributed by atoms with E-state index in [1.807, 2.05) is 6.92 Å². The van der Waals surface area contributed by atoms with Crippen LogP contribution in [0.3, 0.4) is 0 Å². The molecular weight excluding hydrogens is 397 g/mol. The molecular formula is C20H42NO7P. The summed E-state index contributed by atoms with van der Waals surface area (Å²) >= 11 is 0. The quantitative estimate of drug-likeness (QED) is 0.154. The van der Waals surface area contributed by atoms with Crippen molar-refractivity contribution in [3.8, 4) is 0 Å². The molecule has 0 saturated heterocycles. The van der Waals surface area contributed by atoms with E-state index < -0.39 is 13.9 Å². The van der Waals surface area contributed by atoms with Crippen molar-refractivity contribution in [3.63, 3.8) is 0 Å². The third-order valence-electron chi connectivity index (χ3n) is 4.24. The molecule has 0 bridgehead atoms. The molecule has 0 amide bonds. The lowest BCUT2D eigenvalue weighted by Crippen LogP contribution is -2.28. The Kier molecular flexibility index (Phi) is 19.1. The van der Waals surface area contributed by atoms with Gasteiger partial charge in [-0.1, -0.05) is 65.2 Å².